The number of methoxy groups -OCH3 is 3. The van der Waals surface area contributed by atoms with Crippen molar-refractivity contribution in [2.45, 2.75) is 6.42 Å². The van der Waals surface area contributed by atoms with Crippen LogP contribution in [-0.2, 0) is 11.2 Å². The molecule has 1 aromatic heterocycles. The lowest BCUT2D eigenvalue weighted by atomic mass is 10.0. The third-order valence-electron chi connectivity index (χ3n) is 3.04. The predicted molar refractivity (Wildman–Crippen MR) is 78.5 cm³/mol. The van der Waals surface area contributed by atoms with Crippen LogP contribution in [0.4, 0.5) is 0 Å². The van der Waals surface area contributed by atoms with Crippen LogP contribution in [0, 0.1) is 0 Å². The third-order valence-corrected chi connectivity index (χ3v) is 3.04. The predicted octanol–water partition coefficient (Wildman–Crippen LogP) is 1.80. The number of carboxylic acid groups (broad SMARTS) is 1. The Bertz CT molecular complexity index is 688. The molecule has 0 amide bonds. The van der Waals surface area contributed by atoms with Crippen LogP contribution in [0.25, 0.3) is 11.1 Å². The molecule has 0 atom stereocenters. The van der Waals surface area contributed by atoms with Crippen molar-refractivity contribution in [3.63, 3.8) is 0 Å². The molecule has 0 bridgehead atoms. The van der Waals surface area contributed by atoms with Crippen LogP contribution in [-0.4, -0.2) is 42.4 Å². The topological polar surface area (TPSA) is 90.8 Å². The zero-order valence-corrected chi connectivity index (χ0v) is 12.5. The fourth-order valence-electron chi connectivity index (χ4n) is 2.05. The van der Waals surface area contributed by atoms with Crippen LogP contribution < -0.4 is 14.2 Å². The van der Waals surface area contributed by atoms with Crippen LogP contribution in [0.15, 0.2) is 24.4 Å². The van der Waals surface area contributed by atoms with Gasteiger partial charge in [-0.2, -0.15) is 4.98 Å². The number of aromatic nitrogens is 2. The quantitative estimate of drug-likeness (QED) is 0.870. The van der Waals surface area contributed by atoms with Gasteiger partial charge in [-0.15, -0.1) is 0 Å². The molecule has 0 unspecified atom stereocenters. The van der Waals surface area contributed by atoms with E-state index in [0.717, 1.165) is 5.56 Å². The summed E-state index contributed by atoms with van der Waals surface area (Å²) in [5.74, 6) is -0.0776. The second-order valence-corrected chi connectivity index (χ2v) is 4.38. The minimum atomic E-state index is -0.937. The van der Waals surface area contributed by atoms with Gasteiger partial charge in [-0.3, -0.25) is 4.79 Å². The Labute approximate surface area is 127 Å². The maximum Gasteiger partial charge on any atom is 0.319 e. The fourth-order valence-corrected chi connectivity index (χ4v) is 2.05. The van der Waals surface area contributed by atoms with Gasteiger partial charge in [-0.05, 0) is 17.7 Å². The molecule has 116 valence electrons. The maximum absolute atomic E-state index is 11.0. The molecular weight excluding hydrogens is 288 g/mol. The van der Waals surface area contributed by atoms with Crippen LogP contribution in [0.2, 0.25) is 0 Å². The number of nitrogens with zero attached hydrogens (tertiary/aromatic N) is 2. The smallest absolute Gasteiger partial charge is 0.319 e. The van der Waals surface area contributed by atoms with E-state index in [1.807, 2.05) is 0 Å². The van der Waals surface area contributed by atoms with Crippen molar-refractivity contribution in [2.24, 2.45) is 0 Å². The summed E-state index contributed by atoms with van der Waals surface area (Å²) in [5.41, 5.74) is 1.93. The van der Waals surface area contributed by atoms with Gasteiger partial charge in [0.05, 0.1) is 33.3 Å². The van der Waals surface area contributed by atoms with Crippen molar-refractivity contribution >= 4 is 5.97 Å². The highest BCUT2D eigenvalue weighted by atomic mass is 16.5. The first-order valence-corrected chi connectivity index (χ1v) is 6.43. The molecule has 2 rings (SSSR count). The van der Waals surface area contributed by atoms with Crippen LogP contribution in [0.3, 0.4) is 0 Å². The summed E-state index contributed by atoms with van der Waals surface area (Å²) in [6.07, 6.45) is 1.42. The summed E-state index contributed by atoms with van der Waals surface area (Å²) in [5, 5.41) is 9.00. The number of hydrogen-bond acceptors (Lipinski definition) is 6. The van der Waals surface area contributed by atoms with E-state index in [4.69, 9.17) is 19.3 Å². The molecule has 0 aliphatic rings. The number of rotatable bonds is 6. The van der Waals surface area contributed by atoms with Gasteiger partial charge in [-0.25, -0.2) is 4.98 Å². The first-order chi connectivity index (χ1) is 10.6. The SMILES string of the molecule is COc1ncc(-c2ccc(OC)c(CC(=O)O)c2)c(OC)n1. The van der Waals surface area contributed by atoms with E-state index in [1.165, 1.54) is 21.3 Å². The Hall–Kier alpha value is -2.83. The van der Waals surface area contributed by atoms with Gasteiger partial charge in [0.25, 0.3) is 0 Å². The third kappa shape index (κ3) is 3.25. The molecule has 0 saturated heterocycles. The van der Waals surface area contributed by atoms with Crippen molar-refractivity contribution < 1.29 is 24.1 Å². The molecule has 0 aliphatic carbocycles. The normalized spacial score (nSPS) is 10.1. The van der Waals surface area contributed by atoms with Crippen molar-refractivity contribution in [2.75, 3.05) is 21.3 Å². The molecule has 0 fully saturated rings. The van der Waals surface area contributed by atoms with Gasteiger partial charge in [0.2, 0.25) is 5.88 Å². The molecule has 0 aliphatic heterocycles. The lowest BCUT2D eigenvalue weighted by Gasteiger charge is -2.12. The number of ether oxygens (including phenoxy) is 3. The summed E-state index contributed by atoms with van der Waals surface area (Å²) in [6, 6.07) is 5.41. The van der Waals surface area contributed by atoms with E-state index >= 15 is 0 Å². The Morgan fingerprint density at radius 2 is 1.95 bits per heavy atom. The van der Waals surface area contributed by atoms with Crippen molar-refractivity contribution in [3.05, 3.63) is 30.0 Å². The summed E-state index contributed by atoms with van der Waals surface area (Å²) in [6.45, 7) is 0. The zero-order chi connectivity index (χ0) is 16.1. The van der Waals surface area contributed by atoms with Crippen LogP contribution >= 0.6 is 0 Å². The van der Waals surface area contributed by atoms with E-state index in [0.29, 0.717) is 22.8 Å². The highest BCUT2D eigenvalue weighted by Crippen LogP contribution is 2.32. The Morgan fingerprint density at radius 3 is 2.55 bits per heavy atom. The van der Waals surface area contributed by atoms with Gasteiger partial charge in [0, 0.05) is 11.8 Å². The van der Waals surface area contributed by atoms with Crippen LogP contribution in [0.5, 0.6) is 17.6 Å². The molecule has 22 heavy (non-hydrogen) atoms. The summed E-state index contributed by atoms with van der Waals surface area (Å²) in [4.78, 5) is 19.1. The summed E-state index contributed by atoms with van der Waals surface area (Å²) >= 11 is 0. The number of carbonyl (C=O) groups is 1. The number of aliphatic carboxylic acids is 1. The van der Waals surface area contributed by atoms with E-state index in [2.05, 4.69) is 9.97 Å². The van der Waals surface area contributed by atoms with Crippen molar-refractivity contribution in [3.8, 4) is 28.8 Å². The second-order valence-electron chi connectivity index (χ2n) is 4.38. The first-order valence-electron chi connectivity index (χ1n) is 6.43. The molecule has 0 spiro atoms. The van der Waals surface area contributed by atoms with Gasteiger partial charge < -0.3 is 19.3 Å². The molecule has 2 aromatic rings. The lowest BCUT2D eigenvalue weighted by molar-refractivity contribution is -0.136. The van der Waals surface area contributed by atoms with Crippen molar-refractivity contribution in [1.82, 2.24) is 9.97 Å². The van der Waals surface area contributed by atoms with E-state index in [1.54, 1.807) is 24.4 Å². The van der Waals surface area contributed by atoms with E-state index < -0.39 is 5.97 Å². The molecule has 1 N–H and O–H groups in total. The highest BCUT2D eigenvalue weighted by Gasteiger charge is 2.14. The van der Waals surface area contributed by atoms with E-state index in [9.17, 15) is 4.79 Å². The first kappa shape index (κ1) is 15.6. The summed E-state index contributed by atoms with van der Waals surface area (Å²) in [7, 11) is 4.46. The van der Waals surface area contributed by atoms with Gasteiger partial charge in [-0.1, -0.05) is 6.07 Å². The zero-order valence-electron chi connectivity index (χ0n) is 12.5. The standard InChI is InChI=1S/C15H16N2O5/c1-20-12-5-4-9(6-10(12)7-13(18)19)11-8-16-15(22-3)17-14(11)21-2/h4-6,8H,7H2,1-3H3,(H,18,19). The highest BCUT2D eigenvalue weighted by molar-refractivity contribution is 5.75. The molecule has 0 saturated carbocycles. The maximum atomic E-state index is 11.0. The molecular formula is C15H16N2O5. The Balaban J connectivity index is 2.50. The molecule has 1 heterocycles. The van der Waals surface area contributed by atoms with E-state index in [-0.39, 0.29) is 12.4 Å². The monoisotopic (exact) mass is 304 g/mol. The number of hydrogen-bond donors (Lipinski definition) is 1. The Kier molecular flexibility index (Phi) is 4.77. The van der Waals surface area contributed by atoms with Gasteiger partial charge >= 0.3 is 12.0 Å². The fraction of sp³-hybridized carbons (Fsp3) is 0.267. The lowest BCUT2D eigenvalue weighted by Crippen LogP contribution is -2.03. The molecule has 7 nitrogen and oxygen atoms in total. The minimum Gasteiger partial charge on any atom is -0.496 e. The number of benzene rings is 1. The largest absolute Gasteiger partial charge is 0.496 e. The van der Waals surface area contributed by atoms with Gasteiger partial charge in [0.1, 0.15) is 5.75 Å². The molecule has 7 heteroatoms. The molecule has 0 radical (unpaired) electrons. The van der Waals surface area contributed by atoms with Gasteiger partial charge in [0.15, 0.2) is 0 Å². The minimum absolute atomic E-state index is 0.143. The Morgan fingerprint density at radius 1 is 1.18 bits per heavy atom. The second kappa shape index (κ2) is 6.75. The van der Waals surface area contributed by atoms with Crippen molar-refractivity contribution in [1.29, 1.82) is 0 Å². The summed E-state index contributed by atoms with van der Waals surface area (Å²) < 4.78 is 15.4. The number of carboxylic acids is 1. The average molecular weight is 304 g/mol. The molecule has 1 aromatic carbocycles. The average Bonchev–Trinajstić information content (AvgIpc) is 2.53. The van der Waals surface area contributed by atoms with Crippen LogP contribution in [0.1, 0.15) is 5.56 Å².